The van der Waals surface area contributed by atoms with E-state index < -0.39 is 16.8 Å². The Labute approximate surface area is 165 Å². The number of carbonyl (C=O) groups is 1. The molecule has 0 saturated carbocycles. The van der Waals surface area contributed by atoms with Crippen molar-refractivity contribution >= 4 is 16.8 Å². The number of hydrogen-bond acceptors (Lipinski definition) is 2. The maximum absolute atomic E-state index is 12.9. The van der Waals surface area contributed by atoms with E-state index in [1.807, 2.05) is 36.4 Å². The van der Waals surface area contributed by atoms with Gasteiger partial charge in [0.15, 0.2) is 0 Å². The van der Waals surface area contributed by atoms with Crippen molar-refractivity contribution in [3.05, 3.63) is 71.8 Å². The van der Waals surface area contributed by atoms with Gasteiger partial charge in [0.25, 0.3) is 0 Å². The van der Waals surface area contributed by atoms with Crippen molar-refractivity contribution in [2.45, 2.75) is 62.4 Å². The number of benzene rings is 2. The molecule has 3 nitrogen and oxygen atoms in total. The van der Waals surface area contributed by atoms with E-state index in [1.54, 1.807) is 0 Å². The van der Waals surface area contributed by atoms with Gasteiger partial charge >= 0.3 is 5.97 Å². The molecule has 27 heavy (non-hydrogen) atoms. The SMILES string of the molecule is O=C(O)CCCCC(CCCCc1ccccc1)S(=O)Cc1ccccc1. The smallest absolute Gasteiger partial charge is 0.303 e. The van der Waals surface area contributed by atoms with Gasteiger partial charge in [0.05, 0.1) is 0 Å². The van der Waals surface area contributed by atoms with Crippen LogP contribution in [-0.4, -0.2) is 20.5 Å². The summed E-state index contributed by atoms with van der Waals surface area (Å²) in [5.41, 5.74) is 2.46. The van der Waals surface area contributed by atoms with E-state index in [2.05, 4.69) is 24.3 Å². The van der Waals surface area contributed by atoms with Crippen LogP contribution in [0.2, 0.25) is 0 Å². The Hall–Kier alpha value is -1.94. The first-order valence-electron chi connectivity index (χ1n) is 9.82. The van der Waals surface area contributed by atoms with Crippen LogP contribution in [0.3, 0.4) is 0 Å². The number of aliphatic carboxylic acids is 1. The second-order valence-electron chi connectivity index (χ2n) is 7.00. The number of rotatable bonds is 13. The van der Waals surface area contributed by atoms with Crippen LogP contribution in [0.5, 0.6) is 0 Å². The van der Waals surface area contributed by atoms with Crippen LogP contribution < -0.4 is 0 Å². The monoisotopic (exact) mass is 386 g/mol. The first kappa shape index (κ1) is 21.4. The molecule has 0 aliphatic heterocycles. The van der Waals surface area contributed by atoms with E-state index in [0.717, 1.165) is 44.1 Å². The second kappa shape index (κ2) is 12.4. The van der Waals surface area contributed by atoms with E-state index in [-0.39, 0.29) is 11.7 Å². The maximum atomic E-state index is 12.9. The number of carboxylic acids is 1. The molecule has 0 radical (unpaired) electrons. The van der Waals surface area contributed by atoms with Crippen LogP contribution in [0, 0.1) is 0 Å². The Kier molecular flexibility index (Phi) is 9.85. The molecule has 146 valence electrons. The Bertz CT molecular complexity index is 685. The molecule has 2 aromatic carbocycles. The Morgan fingerprint density at radius 1 is 0.815 bits per heavy atom. The fraction of sp³-hybridized carbons (Fsp3) is 0.435. The molecule has 0 aromatic heterocycles. The van der Waals surface area contributed by atoms with Crippen LogP contribution in [0.1, 0.15) is 56.1 Å². The summed E-state index contributed by atoms with van der Waals surface area (Å²) in [6, 6.07) is 20.4. The van der Waals surface area contributed by atoms with Gasteiger partial charge in [-0.3, -0.25) is 9.00 Å². The minimum atomic E-state index is -0.918. The lowest BCUT2D eigenvalue weighted by molar-refractivity contribution is -0.137. The third-order valence-electron chi connectivity index (χ3n) is 4.77. The van der Waals surface area contributed by atoms with Gasteiger partial charge in [0.2, 0.25) is 0 Å². The highest BCUT2D eigenvalue weighted by atomic mass is 32.2. The van der Waals surface area contributed by atoms with Crippen molar-refractivity contribution < 1.29 is 14.1 Å². The molecule has 0 heterocycles. The van der Waals surface area contributed by atoms with E-state index in [4.69, 9.17) is 5.11 Å². The lowest BCUT2D eigenvalue weighted by Crippen LogP contribution is -2.17. The third kappa shape index (κ3) is 9.00. The standard InChI is InChI=1S/C23H30O3S/c24-23(25)18-10-9-17-22(27(26)19-21-14-5-2-6-15-21)16-8-7-13-20-11-3-1-4-12-20/h1-6,11-12,14-15,22H,7-10,13,16-19H2,(H,24,25). The fourth-order valence-electron chi connectivity index (χ4n) is 3.26. The summed E-state index contributed by atoms with van der Waals surface area (Å²) < 4.78 is 12.9. The molecule has 0 bridgehead atoms. The summed E-state index contributed by atoms with van der Waals surface area (Å²) in [4.78, 5) is 10.7. The van der Waals surface area contributed by atoms with Crippen molar-refractivity contribution in [3.8, 4) is 0 Å². The van der Waals surface area contributed by atoms with Gasteiger partial charge in [-0.05, 0) is 43.2 Å². The summed E-state index contributed by atoms with van der Waals surface area (Å²) in [5, 5.41) is 8.95. The van der Waals surface area contributed by atoms with Crippen LogP contribution in [-0.2, 0) is 27.8 Å². The molecule has 1 N–H and O–H groups in total. The van der Waals surface area contributed by atoms with Crippen molar-refractivity contribution in [3.63, 3.8) is 0 Å². The summed E-state index contributed by atoms with van der Waals surface area (Å²) in [6.07, 6.45) is 6.69. The first-order valence-corrected chi connectivity index (χ1v) is 11.2. The molecule has 2 unspecified atom stereocenters. The van der Waals surface area contributed by atoms with Gasteiger partial charge in [-0.15, -0.1) is 0 Å². The van der Waals surface area contributed by atoms with E-state index >= 15 is 0 Å². The van der Waals surface area contributed by atoms with Crippen molar-refractivity contribution in [2.24, 2.45) is 0 Å². The van der Waals surface area contributed by atoms with Gasteiger partial charge < -0.3 is 5.11 Å². The molecule has 2 atom stereocenters. The highest BCUT2D eigenvalue weighted by Gasteiger charge is 2.17. The molecule has 0 saturated heterocycles. The topological polar surface area (TPSA) is 54.4 Å². The largest absolute Gasteiger partial charge is 0.481 e. The quantitative estimate of drug-likeness (QED) is 0.471. The van der Waals surface area contributed by atoms with Crippen LogP contribution in [0.4, 0.5) is 0 Å². The zero-order valence-electron chi connectivity index (χ0n) is 15.9. The highest BCUT2D eigenvalue weighted by molar-refractivity contribution is 7.84. The minimum Gasteiger partial charge on any atom is -0.481 e. The average molecular weight is 387 g/mol. The number of aryl methyl sites for hydroxylation is 1. The van der Waals surface area contributed by atoms with Crippen molar-refractivity contribution in [1.82, 2.24) is 0 Å². The van der Waals surface area contributed by atoms with E-state index in [9.17, 15) is 9.00 Å². The Balaban J connectivity index is 1.82. The number of hydrogen-bond donors (Lipinski definition) is 1. The normalized spacial score (nSPS) is 13.2. The zero-order chi connectivity index (χ0) is 19.3. The Morgan fingerprint density at radius 3 is 1.96 bits per heavy atom. The third-order valence-corrected chi connectivity index (χ3v) is 6.61. The van der Waals surface area contributed by atoms with E-state index in [0.29, 0.717) is 12.2 Å². The summed E-state index contributed by atoms with van der Waals surface area (Å²) >= 11 is 0. The summed E-state index contributed by atoms with van der Waals surface area (Å²) in [6.45, 7) is 0. The molecule has 0 spiro atoms. The Morgan fingerprint density at radius 2 is 1.37 bits per heavy atom. The molecular formula is C23H30O3S. The van der Waals surface area contributed by atoms with E-state index in [1.165, 1.54) is 5.56 Å². The van der Waals surface area contributed by atoms with Crippen LogP contribution >= 0.6 is 0 Å². The lowest BCUT2D eigenvalue weighted by Gasteiger charge is -2.17. The van der Waals surface area contributed by atoms with Gasteiger partial charge in [-0.1, -0.05) is 73.5 Å². The molecule has 2 aromatic rings. The van der Waals surface area contributed by atoms with Crippen molar-refractivity contribution in [2.75, 3.05) is 0 Å². The van der Waals surface area contributed by atoms with Gasteiger partial charge in [0.1, 0.15) is 0 Å². The molecule has 0 aliphatic rings. The zero-order valence-corrected chi connectivity index (χ0v) is 16.7. The molecule has 0 amide bonds. The summed E-state index contributed by atoms with van der Waals surface area (Å²) in [7, 11) is -0.918. The fourth-order valence-corrected chi connectivity index (χ4v) is 4.87. The highest BCUT2D eigenvalue weighted by Crippen LogP contribution is 2.19. The number of unbranched alkanes of at least 4 members (excludes halogenated alkanes) is 2. The average Bonchev–Trinajstić information content (AvgIpc) is 2.68. The van der Waals surface area contributed by atoms with Gasteiger partial charge in [-0.25, -0.2) is 0 Å². The van der Waals surface area contributed by atoms with Crippen LogP contribution in [0.25, 0.3) is 0 Å². The van der Waals surface area contributed by atoms with Gasteiger partial charge in [-0.2, -0.15) is 0 Å². The molecule has 0 fully saturated rings. The maximum Gasteiger partial charge on any atom is 0.303 e. The second-order valence-corrected chi connectivity index (χ2v) is 8.72. The molecular weight excluding hydrogens is 356 g/mol. The molecule has 0 aliphatic carbocycles. The van der Waals surface area contributed by atoms with Crippen molar-refractivity contribution in [1.29, 1.82) is 0 Å². The first-order chi connectivity index (χ1) is 13.1. The molecule has 2 rings (SSSR count). The minimum absolute atomic E-state index is 0.148. The predicted octanol–water partition coefficient (Wildman–Crippen LogP) is 5.36. The molecule has 4 heteroatoms. The predicted molar refractivity (Wildman–Crippen MR) is 112 cm³/mol. The summed E-state index contributed by atoms with van der Waals surface area (Å²) in [5.74, 6) is -0.164. The van der Waals surface area contributed by atoms with Crippen LogP contribution in [0.15, 0.2) is 60.7 Å². The lowest BCUT2D eigenvalue weighted by atomic mass is 10.0. The van der Waals surface area contributed by atoms with Gasteiger partial charge in [0, 0.05) is 28.2 Å². The number of carboxylic acid groups (broad SMARTS) is 1.